The van der Waals surface area contributed by atoms with Gasteiger partial charge in [-0.3, -0.25) is 0 Å². The van der Waals surface area contributed by atoms with Gasteiger partial charge in [0.15, 0.2) is 0 Å². The largest absolute Gasteiger partial charge is 2.00 e. The van der Waals surface area contributed by atoms with Gasteiger partial charge >= 0.3 is 22.1 Å². The Balaban J connectivity index is 0.00000657. The standard InChI is InChI=1S/C68H65N4O3.Ni/c1-65(2,3)43-22-14-40(15-23-43)57-50-32-33-51(69-50)58(41-16-24-44(25-17-41)66(4,5)6)53-35-37-55(71-53)60-48-31-28-46(68(10,11)12)38-49(48)56(39-20-29-47(74-13)30-21-39)61-62(60)72-63(75-64(61)73)59(54-36-34-52(57)70-54)42-18-26-45(27-19-42)67(7,8)9;/h14-38H,1-13H3,(H-,69,70,71,72,73);/q-1;+2/p-1. The van der Waals surface area contributed by atoms with Crippen LogP contribution in [-0.2, 0) is 38.2 Å². The minimum Gasteiger partial charge on any atom is -0.657 e. The maximum Gasteiger partial charge on any atom is 2.00 e. The molecule has 1 aliphatic heterocycles. The van der Waals surface area contributed by atoms with Crippen LogP contribution in [0.5, 0.6) is 5.75 Å². The summed E-state index contributed by atoms with van der Waals surface area (Å²) in [4.78, 5) is 37.8. The second-order valence-corrected chi connectivity index (χ2v) is 24.3. The zero-order valence-corrected chi connectivity index (χ0v) is 46.8. The fourth-order valence-electron chi connectivity index (χ4n) is 10.5. The van der Waals surface area contributed by atoms with Gasteiger partial charge in [0.05, 0.1) is 29.4 Å². The van der Waals surface area contributed by atoms with Gasteiger partial charge in [0.2, 0.25) is 5.71 Å². The zero-order valence-electron chi connectivity index (χ0n) is 45.8. The molecule has 0 saturated heterocycles. The predicted octanol–water partition coefficient (Wildman–Crippen LogP) is 17.1. The van der Waals surface area contributed by atoms with Crippen molar-refractivity contribution in [2.75, 3.05) is 7.11 Å². The van der Waals surface area contributed by atoms with E-state index in [9.17, 15) is 0 Å². The van der Waals surface area contributed by atoms with Crippen LogP contribution in [0.4, 0.5) is 0 Å². The summed E-state index contributed by atoms with van der Waals surface area (Å²) < 4.78 is 12.3. The third-order valence-electron chi connectivity index (χ3n) is 14.9. The van der Waals surface area contributed by atoms with Crippen molar-refractivity contribution in [2.45, 2.75) is 105 Å². The monoisotopic (exact) mass is 1040 g/mol. The second-order valence-electron chi connectivity index (χ2n) is 24.3. The van der Waals surface area contributed by atoms with Gasteiger partial charge in [-0.25, -0.2) is 14.8 Å². The average Bonchev–Trinajstić information content (AvgIpc) is 4.20. The number of nitrogens with zero attached hydrogens (tertiary/aromatic N) is 4. The summed E-state index contributed by atoms with van der Waals surface area (Å²) in [5, 5.41) is 2.89. The molecule has 10 aromatic rings. The number of ether oxygens (including phenoxy) is 1. The first-order valence-corrected chi connectivity index (χ1v) is 26.0. The number of aromatic nitrogens is 4. The molecule has 1 aliphatic rings. The molecule has 7 nitrogen and oxygen atoms in total. The summed E-state index contributed by atoms with van der Waals surface area (Å²) in [6.45, 7) is 26.6. The van der Waals surface area contributed by atoms with Gasteiger partial charge in [-0.15, -0.1) is 22.1 Å². The smallest absolute Gasteiger partial charge is 0.657 e. The summed E-state index contributed by atoms with van der Waals surface area (Å²) in [6.07, 6.45) is 4.21. The number of rotatable bonds is 5. The van der Waals surface area contributed by atoms with Gasteiger partial charge < -0.3 is 19.1 Å². The van der Waals surface area contributed by atoms with Crippen molar-refractivity contribution in [3.05, 3.63) is 184 Å². The van der Waals surface area contributed by atoms with E-state index in [2.05, 4.69) is 198 Å². The van der Waals surface area contributed by atoms with E-state index in [0.29, 0.717) is 33.2 Å². The minimum atomic E-state index is -0.516. The molecule has 11 rings (SSSR count). The van der Waals surface area contributed by atoms with E-state index < -0.39 is 5.63 Å². The molecule has 384 valence electrons. The molecule has 0 radical (unpaired) electrons. The molecular weight excluding hydrogens is 979 g/mol. The molecule has 8 bridgehead atoms. The van der Waals surface area contributed by atoms with Crippen molar-refractivity contribution < 1.29 is 25.6 Å². The molecule has 76 heavy (non-hydrogen) atoms. The molecule has 4 aromatic heterocycles. The third kappa shape index (κ3) is 9.36. The van der Waals surface area contributed by atoms with Crippen LogP contribution in [-0.4, -0.2) is 17.1 Å². The molecule has 0 aliphatic carbocycles. The van der Waals surface area contributed by atoms with E-state index in [1.165, 1.54) is 16.7 Å². The van der Waals surface area contributed by atoms with Crippen molar-refractivity contribution in [1.82, 2.24) is 19.9 Å². The molecule has 0 amide bonds. The van der Waals surface area contributed by atoms with Crippen LogP contribution in [0.15, 0.2) is 149 Å². The summed E-state index contributed by atoms with van der Waals surface area (Å²) in [7, 11) is 1.66. The fourth-order valence-corrected chi connectivity index (χ4v) is 10.5. The second kappa shape index (κ2) is 18.9. The van der Waals surface area contributed by atoms with E-state index in [-0.39, 0.29) is 43.9 Å². The summed E-state index contributed by atoms with van der Waals surface area (Å²) >= 11 is 0. The van der Waals surface area contributed by atoms with Gasteiger partial charge in [0.1, 0.15) is 5.75 Å². The van der Waals surface area contributed by atoms with Crippen LogP contribution in [0, 0.1) is 0 Å². The molecule has 0 spiro atoms. The summed E-state index contributed by atoms with van der Waals surface area (Å²) in [6, 6.07) is 48.6. The van der Waals surface area contributed by atoms with Crippen LogP contribution < -0.4 is 20.3 Å². The van der Waals surface area contributed by atoms with Crippen molar-refractivity contribution in [3.63, 3.8) is 0 Å². The normalized spacial score (nSPS) is 12.7. The van der Waals surface area contributed by atoms with Crippen LogP contribution in [0.25, 0.3) is 112 Å². The Bertz CT molecular complexity index is 4110. The van der Waals surface area contributed by atoms with Crippen molar-refractivity contribution in [1.29, 1.82) is 0 Å². The van der Waals surface area contributed by atoms with Crippen molar-refractivity contribution in [2.24, 2.45) is 0 Å². The van der Waals surface area contributed by atoms with Crippen molar-refractivity contribution in [3.8, 4) is 50.3 Å². The maximum atomic E-state index is 15.6. The SMILES string of the molecule is COc1ccc(-c2c3cc(C(C)(C)C)ccc3c3c4ccc([n-]4)c(-c4ccc(C(C)(C)C)cc4)c4nc(c(-c5ccc(C(C)(C)C)cc5)c5ccc([n-]5)c(-c5ccc(C(C)(C)C)cc5)c5nc3c2c(=O)o5)C=C4)cc1.[Ni+2]. The number of methoxy groups -OCH3 is 1. The van der Waals surface area contributed by atoms with E-state index in [1.807, 2.05) is 36.4 Å². The first-order valence-electron chi connectivity index (χ1n) is 26.0. The molecule has 0 saturated carbocycles. The topological polar surface area (TPSA) is 93.4 Å². The number of benzene rings is 6. The molecule has 0 unspecified atom stereocenters. The van der Waals surface area contributed by atoms with Gasteiger partial charge in [-0.05, 0) is 124 Å². The Morgan fingerprint density at radius 1 is 0.421 bits per heavy atom. The average molecular weight is 1040 g/mol. The van der Waals surface area contributed by atoms with Crippen LogP contribution in [0.1, 0.15) is 117 Å². The first kappa shape index (κ1) is 51.9. The summed E-state index contributed by atoms with van der Waals surface area (Å²) in [5.74, 6) is 0.709. The Labute approximate surface area is 455 Å². The summed E-state index contributed by atoms with van der Waals surface area (Å²) in [5.41, 5.74) is 15.5. The Kier molecular flexibility index (Phi) is 12.9. The van der Waals surface area contributed by atoms with Crippen LogP contribution >= 0.6 is 0 Å². The fraction of sp³-hybridized carbons (Fsp3) is 0.250. The Morgan fingerprint density at radius 3 is 1.28 bits per heavy atom. The molecular formula is C68H64N4NiO3. The van der Waals surface area contributed by atoms with E-state index in [1.54, 1.807) is 7.11 Å². The third-order valence-corrected chi connectivity index (χ3v) is 14.9. The van der Waals surface area contributed by atoms with E-state index in [4.69, 9.17) is 29.1 Å². The van der Waals surface area contributed by atoms with Gasteiger partial charge in [-0.2, -0.15) is 0 Å². The number of hydrogen-bond acceptors (Lipinski definition) is 5. The molecule has 8 heteroatoms. The Morgan fingerprint density at radius 2 is 0.816 bits per heavy atom. The van der Waals surface area contributed by atoms with Crippen LogP contribution in [0.2, 0.25) is 0 Å². The number of hydrogen-bond donors (Lipinski definition) is 0. The van der Waals surface area contributed by atoms with Gasteiger partial charge in [0.25, 0.3) is 0 Å². The molecule has 0 N–H and O–H groups in total. The zero-order chi connectivity index (χ0) is 52.9. The molecule has 6 aromatic carbocycles. The minimum absolute atomic E-state index is 0. The Hall–Kier alpha value is -7.54. The van der Waals surface area contributed by atoms with Crippen molar-refractivity contribution >= 4 is 67.0 Å². The predicted molar refractivity (Wildman–Crippen MR) is 313 cm³/mol. The molecule has 0 fully saturated rings. The van der Waals surface area contributed by atoms with Gasteiger partial charge in [0, 0.05) is 11.1 Å². The first-order chi connectivity index (χ1) is 35.5. The quantitative estimate of drug-likeness (QED) is 0.125. The van der Waals surface area contributed by atoms with E-state index >= 15 is 4.79 Å². The number of fused-ring (bicyclic) bond motifs is 10. The molecule has 0 atom stereocenters. The van der Waals surface area contributed by atoms with E-state index in [0.717, 1.165) is 83.1 Å². The van der Waals surface area contributed by atoms with Crippen LogP contribution in [0.3, 0.4) is 0 Å². The molecule has 5 heterocycles. The maximum absolute atomic E-state index is 15.6. The van der Waals surface area contributed by atoms with Gasteiger partial charge in [-0.1, -0.05) is 204 Å².